The van der Waals surface area contributed by atoms with Crippen LogP contribution >= 0.6 is 38.9 Å². The summed E-state index contributed by atoms with van der Waals surface area (Å²) >= 11 is 10.3. The Bertz CT molecular complexity index is 1440. The Balaban J connectivity index is 1.38. The molecule has 2 amide bonds. The van der Waals surface area contributed by atoms with Crippen molar-refractivity contribution >= 4 is 68.0 Å². The molecule has 1 aromatic heterocycles. The zero-order valence-electron chi connectivity index (χ0n) is 18.1. The molecule has 180 valence electrons. The number of esters is 1. The first kappa shape index (κ1) is 25.2. The summed E-state index contributed by atoms with van der Waals surface area (Å²) in [5.74, 6) is -2.38. The van der Waals surface area contributed by atoms with Gasteiger partial charge in [-0.15, -0.1) is 10.2 Å². The number of nitrogens with one attached hydrogen (secondary N) is 2. The van der Waals surface area contributed by atoms with E-state index in [9.17, 15) is 14.4 Å². The van der Waals surface area contributed by atoms with Crippen molar-refractivity contribution in [3.8, 4) is 16.3 Å². The fourth-order valence-electron chi connectivity index (χ4n) is 2.79. The van der Waals surface area contributed by atoms with E-state index in [0.29, 0.717) is 25.6 Å². The minimum Gasteiger partial charge on any atom is -0.422 e. The van der Waals surface area contributed by atoms with Crippen molar-refractivity contribution in [1.82, 2.24) is 15.6 Å². The lowest BCUT2D eigenvalue weighted by atomic mass is 10.2. The van der Waals surface area contributed by atoms with Crippen molar-refractivity contribution in [3.63, 3.8) is 0 Å². The quantitative estimate of drug-likeness (QED) is 0.109. The first-order chi connectivity index (χ1) is 17.4. The van der Waals surface area contributed by atoms with Gasteiger partial charge in [0.05, 0.1) is 11.8 Å². The van der Waals surface area contributed by atoms with Crippen LogP contribution in [0, 0.1) is 0 Å². The Labute approximate surface area is 222 Å². The van der Waals surface area contributed by atoms with Crippen molar-refractivity contribution < 1.29 is 19.1 Å². The lowest BCUT2D eigenvalue weighted by Gasteiger charge is -2.08. The molecule has 0 saturated heterocycles. The fourth-order valence-corrected chi connectivity index (χ4v) is 4.04. The van der Waals surface area contributed by atoms with Crippen LogP contribution in [-0.4, -0.2) is 34.2 Å². The third kappa shape index (κ3) is 6.60. The maximum absolute atomic E-state index is 12.4. The summed E-state index contributed by atoms with van der Waals surface area (Å²) in [6.07, 6.45) is 1.25. The van der Waals surface area contributed by atoms with Crippen LogP contribution in [0.25, 0.3) is 10.6 Å². The number of ether oxygens (including phenoxy) is 1. The largest absolute Gasteiger partial charge is 0.422 e. The predicted octanol–water partition coefficient (Wildman–Crippen LogP) is 4.93. The van der Waals surface area contributed by atoms with Crippen LogP contribution in [-0.2, 0) is 9.59 Å². The maximum Gasteiger partial charge on any atom is 0.343 e. The van der Waals surface area contributed by atoms with E-state index in [0.717, 1.165) is 16.9 Å². The molecule has 0 aliphatic heterocycles. The second kappa shape index (κ2) is 11.7. The first-order valence-corrected chi connectivity index (χ1v) is 12.2. The van der Waals surface area contributed by atoms with Crippen LogP contribution in [0.1, 0.15) is 15.9 Å². The second-order valence-electron chi connectivity index (χ2n) is 7.01. The number of carbonyl (C=O) groups excluding carboxylic acids is 3. The number of hydrazone groups is 1. The molecule has 0 fully saturated rings. The average molecular weight is 585 g/mol. The van der Waals surface area contributed by atoms with Gasteiger partial charge in [0.15, 0.2) is 0 Å². The molecule has 4 rings (SSSR count). The van der Waals surface area contributed by atoms with Gasteiger partial charge in [-0.3, -0.25) is 14.9 Å². The summed E-state index contributed by atoms with van der Waals surface area (Å²) in [7, 11) is 0. The van der Waals surface area contributed by atoms with E-state index in [2.05, 4.69) is 42.0 Å². The smallest absolute Gasteiger partial charge is 0.343 e. The van der Waals surface area contributed by atoms with Crippen molar-refractivity contribution in [1.29, 1.82) is 0 Å². The van der Waals surface area contributed by atoms with Crippen LogP contribution < -0.4 is 15.5 Å². The van der Waals surface area contributed by atoms with Crippen molar-refractivity contribution in [2.75, 3.05) is 5.32 Å². The van der Waals surface area contributed by atoms with Gasteiger partial charge in [-0.1, -0.05) is 69.2 Å². The van der Waals surface area contributed by atoms with Gasteiger partial charge < -0.3 is 4.74 Å². The molecule has 2 N–H and O–H groups in total. The average Bonchev–Trinajstić information content (AvgIpc) is 3.35. The van der Waals surface area contributed by atoms with Gasteiger partial charge in [-0.25, -0.2) is 10.2 Å². The van der Waals surface area contributed by atoms with Gasteiger partial charge in [0.25, 0.3) is 0 Å². The molecule has 36 heavy (non-hydrogen) atoms. The standard InChI is InChI=1S/C24H15BrClN5O4S/c25-17-8-11-19(35-23(34)15-6-9-18(26)10-7-15)16(12-17)13-27-29-21(33)20(32)28-24-31-30-22(36-24)14-4-2-1-3-5-14/h1-13H,(H,29,33)(H,28,31,32)/b27-13-. The molecule has 0 bridgehead atoms. The Morgan fingerprint density at radius 3 is 2.47 bits per heavy atom. The van der Waals surface area contributed by atoms with Gasteiger partial charge in [0.2, 0.25) is 5.13 Å². The van der Waals surface area contributed by atoms with Crippen LogP contribution in [0.3, 0.4) is 0 Å². The summed E-state index contributed by atoms with van der Waals surface area (Å²) in [6, 6.07) is 20.4. The number of hydrogen-bond donors (Lipinski definition) is 2. The molecule has 12 heteroatoms. The number of anilines is 1. The van der Waals surface area contributed by atoms with Gasteiger partial charge in [0, 0.05) is 20.6 Å². The Hall–Kier alpha value is -3.93. The molecule has 0 radical (unpaired) electrons. The second-order valence-corrected chi connectivity index (χ2v) is 9.34. The van der Waals surface area contributed by atoms with E-state index in [-0.39, 0.29) is 10.9 Å². The molecular formula is C24H15BrClN5O4S. The van der Waals surface area contributed by atoms with Crippen molar-refractivity contribution in [2.24, 2.45) is 5.10 Å². The van der Waals surface area contributed by atoms with Crippen molar-refractivity contribution in [2.45, 2.75) is 0 Å². The van der Waals surface area contributed by atoms with Crippen LogP contribution in [0.15, 0.2) is 82.4 Å². The Morgan fingerprint density at radius 1 is 0.972 bits per heavy atom. The molecule has 0 spiro atoms. The number of benzene rings is 3. The summed E-state index contributed by atoms with van der Waals surface area (Å²) in [5.41, 5.74) is 3.66. The van der Waals surface area contributed by atoms with E-state index in [1.165, 1.54) is 18.3 Å². The number of aromatic nitrogens is 2. The number of amides is 2. The highest BCUT2D eigenvalue weighted by molar-refractivity contribution is 9.10. The summed E-state index contributed by atoms with van der Waals surface area (Å²) < 4.78 is 6.13. The Kier molecular flexibility index (Phi) is 8.16. The van der Waals surface area contributed by atoms with Gasteiger partial charge >= 0.3 is 17.8 Å². The van der Waals surface area contributed by atoms with Gasteiger partial charge in [-0.2, -0.15) is 5.10 Å². The third-order valence-corrected chi connectivity index (χ3v) is 6.13. The lowest BCUT2D eigenvalue weighted by molar-refractivity contribution is -0.136. The molecule has 0 saturated carbocycles. The molecule has 0 unspecified atom stereocenters. The topological polar surface area (TPSA) is 123 Å². The molecule has 0 aliphatic rings. The maximum atomic E-state index is 12.4. The monoisotopic (exact) mass is 583 g/mol. The summed E-state index contributed by atoms with van der Waals surface area (Å²) in [5, 5.41) is 15.3. The van der Waals surface area contributed by atoms with Gasteiger partial charge in [-0.05, 0) is 42.5 Å². The number of nitrogens with zero attached hydrogens (tertiary/aromatic N) is 3. The molecule has 1 heterocycles. The third-order valence-electron chi connectivity index (χ3n) is 4.50. The lowest BCUT2D eigenvalue weighted by Crippen LogP contribution is -2.32. The highest BCUT2D eigenvalue weighted by atomic mass is 79.9. The fraction of sp³-hybridized carbons (Fsp3) is 0. The summed E-state index contributed by atoms with van der Waals surface area (Å²) in [4.78, 5) is 36.8. The minimum absolute atomic E-state index is 0.168. The van der Waals surface area contributed by atoms with Crippen LogP contribution in [0.2, 0.25) is 5.02 Å². The summed E-state index contributed by atoms with van der Waals surface area (Å²) in [6.45, 7) is 0. The van der Waals surface area contributed by atoms with E-state index in [1.54, 1.807) is 30.3 Å². The van der Waals surface area contributed by atoms with Crippen molar-refractivity contribution in [3.05, 3.63) is 93.4 Å². The molecule has 0 aliphatic carbocycles. The van der Waals surface area contributed by atoms with E-state index >= 15 is 0 Å². The van der Waals surface area contributed by atoms with E-state index in [4.69, 9.17) is 16.3 Å². The van der Waals surface area contributed by atoms with Crippen LogP contribution in [0.5, 0.6) is 5.75 Å². The van der Waals surface area contributed by atoms with E-state index in [1.807, 2.05) is 30.3 Å². The Morgan fingerprint density at radius 2 is 1.72 bits per heavy atom. The minimum atomic E-state index is -1.02. The molecule has 3 aromatic carbocycles. The zero-order valence-corrected chi connectivity index (χ0v) is 21.3. The predicted molar refractivity (Wildman–Crippen MR) is 140 cm³/mol. The normalized spacial score (nSPS) is 10.7. The number of carbonyl (C=O) groups is 3. The van der Waals surface area contributed by atoms with Gasteiger partial charge in [0.1, 0.15) is 10.8 Å². The number of hydrogen-bond acceptors (Lipinski definition) is 8. The molecule has 0 atom stereocenters. The highest BCUT2D eigenvalue weighted by Crippen LogP contribution is 2.26. The first-order valence-electron chi connectivity index (χ1n) is 10.2. The molecule has 4 aromatic rings. The molecule has 9 nitrogen and oxygen atoms in total. The number of halogens is 2. The highest BCUT2D eigenvalue weighted by Gasteiger charge is 2.16. The number of rotatable bonds is 6. The van der Waals surface area contributed by atoms with E-state index < -0.39 is 17.8 Å². The van der Waals surface area contributed by atoms with Crippen LogP contribution in [0.4, 0.5) is 5.13 Å². The SMILES string of the molecule is O=C(N/N=C\c1cc(Br)ccc1OC(=O)c1ccc(Cl)cc1)C(=O)Nc1nnc(-c2ccccc2)s1. The molecular weight excluding hydrogens is 570 g/mol. The zero-order chi connectivity index (χ0) is 25.5.